The molecule has 0 amide bonds. The number of halogens is 1. The largest absolute Gasteiger partial charge is 0.243 e. The van der Waals surface area contributed by atoms with Crippen molar-refractivity contribution in [2.45, 2.75) is 51.0 Å². The number of aryl methyl sites for hydroxylation is 1. The van der Waals surface area contributed by atoms with Gasteiger partial charge in [0.1, 0.15) is 0 Å². The van der Waals surface area contributed by atoms with Crippen molar-refractivity contribution in [1.82, 2.24) is 4.31 Å². The molecular formula is C15H24ClNO2S. The van der Waals surface area contributed by atoms with Crippen LogP contribution in [0.2, 0.25) is 0 Å². The smallest absolute Gasteiger partial charge is 0.207 e. The fourth-order valence-electron chi connectivity index (χ4n) is 2.11. The van der Waals surface area contributed by atoms with E-state index in [1.165, 1.54) is 0 Å². The molecule has 1 rings (SSSR count). The van der Waals surface area contributed by atoms with Gasteiger partial charge in [0.05, 0.1) is 4.90 Å². The average molecular weight is 318 g/mol. The lowest BCUT2D eigenvalue weighted by atomic mass is 10.1. The van der Waals surface area contributed by atoms with Gasteiger partial charge in [-0.3, -0.25) is 0 Å². The summed E-state index contributed by atoms with van der Waals surface area (Å²) >= 11 is 5.66. The Balaban J connectivity index is 2.96. The summed E-state index contributed by atoms with van der Waals surface area (Å²) in [6.07, 6.45) is 2.60. The highest BCUT2D eigenvalue weighted by Crippen LogP contribution is 2.19. The average Bonchev–Trinajstić information content (AvgIpc) is 2.42. The van der Waals surface area contributed by atoms with Crippen LogP contribution in [0.4, 0.5) is 0 Å². The topological polar surface area (TPSA) is 37.4 Å². The van der Waals surface area contributed by atoms with E-state index < -0.39 is 10.0 Å². The van der Waals surface area contributed by atoms with Crippen molar-refractivity contribution in [3.05, 3.63) is 29.8 Å². The van der Waals surface area contributed by atoms with Gasteiger partial charge in [0.25, 0.3) is 0 Å². The fraction of sp³-hybridized carbons (Fsp3) is 0.600. The van der Waals surface area contributed by atoms with Crippen LogP contribution in [0.25, 0.3) is 0 Å². The Morgan fingerprint density at radius 3 is 2.25 bits per heavy atom. The molecule has 0 saturated heterocycles. The molecule has 3 nitrogen and oxygen atoms in total. The molecule has 0 radical (unpaired) electrons. The molecule has 1 aromatic carbocycles. The van der Waals surface area contributed by atoms with Gasteiger partial charge >= 0.3 is 0 Å². The van der Waals surface area contributed by atoms with Crippen LogP contribution in [-0.2, 0) is 16.4 Å². The molecule has 0 N–H and O–H groups in total. The first-order chi connectivity index (χ1) is 9.43. The van der Waals surface area contributed by atoms with Crippen molar-refractivity contribution in [1.29, 1.82) is 0 Å². The van der Waals surface area contributed by atoms with Crippen molar-refractivity contribution < 1.29 is 8.42 Å². The zero-order valence-corrected chi connectivity index (χ0v) is 14.0. The summed E-state index contributed by atoms with van der Waals surface area (Å²) in [7, 11) is -3.39. The Bertz CT molecular complexity index is 497. The van der Waals surface area contributed by atoms with Gasteiger partial charge in [-0.05, 0) is 50.8 Å². The van der Waals surface area contributed by atoms with E-state index in [1.807, 2.05) is 32.9 Å². The van der Waals surface area contributed by atoms with Gasteiger partial charge in [-0.2, -0.15) is 4.31 Å². The van der Waals surface area contributed by atoms with E-state index in [2.05, 4.69) is 0 Å². The van der Waals surface area contributed by atoms with Crippen molar-refractivity contribution >= 4 is 21.6 Å². The Kier molecular flexibility index (Phi) is 7.00. The maximum atomic E-state index is 12.6. The van der Waals surface area contributed by atoms with Gasteiger partial charge in [-0.1, -0.05) is 19.1 Å². The number of nitrogens with zero attached hydrogens (tertiary/aromatic N) is 1. The Labute approximate surface area is 128 Å². The number of alkyl halides is 1. The molecule has 5 heteroatoms. The minimum absolute atomic E-state index is 0.0316. The second kappa shape index (κ2) is 8.01. The van der Waals surface area contributed by atoms with Crippen molar-refractivity contribution in [3.8, 4) is 0 Å². The van der Waals surface area contributed by atoms with Gasteiger partial charge in [0, 0.05) is 18.5 Å². The summed E-state index contributed by atoms with van der Waals surface area (Å²) in [5.41, 5.74) is 1.12. The van der Waals surface area contributed by atoms with E-state index in [0.717, 1.165) is 24.8 Å². The highest BCUT2D eigenvalue weighted by Gasteiger charge is 2.25. The standard InChI is InChI=1S/C15H24ClNO2S/c1-4-12-17(13(2)3)20(18,19)15-9-7-14(8-10-15)6-5-11-16/h7-10,13H,4-6,11-12H2,1-3H3. The normalized spacial score (nSPS) is 12.3. The summed E-state index contributed by atoms with van der Waals surface area (Å²) < 4.78 is 26.7. The summed E-state index contributed by atoms with van der Waals surface area (Å²) in [4.78, 5) is 0.370. The van der Waals surface area contributed by atoms with Gasteiger partial charge in [-0.25, -0.2) is 8.42 Å². The number of rotatable bonds is 8. The van der Waals surface area contributed by atoms with Gasteiger partial charge in [0.15, 0.2) is 0 Å². The Morgan fingerprint density at radius 2 is 1.80 bits per heavy atom. The van der Waals surface area contributed by atoms with Crippen molar-refractivity contribution in [2.75, 3.05) is 12.4 Å². The lowest BCUT2D eigenvalue weighted by Gasteiger charge is -2.25. The van der Waals surface area contributed by atoms with Gasteiger partial charge in [-0.15, -0.1) is 11.6 Å². The van der Waals surface area contributed by atoms with E-state index in [9.17, 15) is 8.42 Å². The van der Waals surface area contributed by atoms with Crippen LogP contribution >= 0.6 is 11.6 Å². The molecule has 1 aromatic rings. The zero-order valence-electron chi connectivity index (χ0n) is 12.5. The molecule has 0 unspecified atom stereocenters. The van der Waals surface area contributed by atoms with E-state index in [0.29, 0.717) is 17.3 Å². The molecule has 0 aromatic heterocycles. The lowest BCUT2D eigenvalue weighted by molar-refractivity contribution is 0.354. The molecule has 0 fully saturated rings. The molecular weight excluding hydrogens is 294 g/mol. The zero-order chi connectivity index (χ0) is 15.2. The highest BCUT2D eigenvalue weighted by atomic mass is 35.5. The summed E-state index contributed by atoms with van der Waals surface area (Å²) in [5.74, 6) is 0.623. The Morgan fingerprint density at radius 1 is 1.20 bits per heavy atom. The summed E-state index contributed by atoms with van der Waals surface area (Å²) in [5, 5.41) is 0. The molecule has 114 valence electrons. The van der Waals surface area contributed by atoms with E-state index in [-0.39, 0.29) is 6.04 Å². The molecule has 0 aliphatic rings. The van der Waals surface area contributed by atoms with Gasteiger partial charge < -0.3 is 0 Å². The van der Waals surface area contributed by atoms with E-state index in [4.69, 9.17) is 11.6 Å². The SMILES string of the molecule is CCCN(C(C)C)S(=O)(=O)c1ccc(CCCCl)cc1. The number of hydrogen-bond acceptors (Lipinski definition) is 2. The fourth-order valence-corrected chi connectivity index (χ4v) is 3.97. The monoisotopic (exact) mass is 317 g/mol. The third-order valence-electron chi connectivity index (χ3n) is 3.15. The molecule has 0 atom stereocenters. The first-order valence-electron chi connectivity index (χ1n) is 7.10. The minimum Gasteiger partial charge on any atom is -0.207 e. The number of sulfonamides is 1. The molecule has 20 heavy (non-hydrogen) atoms. The van der Waals surface area contributed by atoms with E-state index in [1.54, 1.807) is 16.4 Å². The van der Waals surface area contributed by atoms with Crippen LogP contribution in [0.15, 0.2) is 29.2 Å². The molecule has 0 bridgehead atoms. The second-order valence-corrected chi connectivity index (χ2v) is 7.41. The first kappa shape index (κ1) is 17.5. The van der Waals surface area contributed by atoms with Gasteiger partial charge in [0.2, 0.25) is 10.0 Å². The van der Waals surface area contributed by atoms with Crippen LogP contribution < -0.4 is 0 Å². The third kappa shape index (κ3) is 4.47. The Hall–Kier alpha value is -0.580. The quantitative estimate of drug-likeness (QED) is 0.686. The molecule has 0 heterocycles. The molecule has 0 saturated carbocycles. The van der Waals surface area contributed by atoms with E-state index >= 15 is 0 Å². The summed E-state index contributed by atoms with van der Waals surface area (Å²) in [6, 6.07) is 7.12. The van der Waals surface area contributed by atoms with Crippen LogP contribution in [0, 0.1) is 0 Å². The maximum absolute atomic E-state index is 12.6. The second-order valence-electron chi connectivity index (χ2n) is 5.15. The summed E-state index contributed by atoms with van der Waals surface area (Å²) in [6.45, 7) is 6.35. The third-order valence-corrected chi connectivity index (χ3v) is 5.51. The highest BCUT2D eigenvalue weighted by molar-refractivity contribution is 7.89. The predicted molar refractivity (Wildman–Crippen MR) is 84.8 cm³/mol. The van der Waals surface area contributed by atoms with Crippen LogP contribution in [0.3, 0.4) is 0 Å². The number of hydrogen-bond donors (Lipinski definition) is 0. The minimum atomic E-state index is -3.39. The lowest BCUT2D eigenvalue weighted by Crippen LogP contribution is -2.37. The van der Waals surface area contributed by atoms with Crippen LogP contribution in [0.5, 0.6) is 0 Å². The van der Waals surface area contributed by atoms with Crippen LogP contribution in [-0.4, -0.2) is 31.2 Å². The maximum Gasteiger partial charge on any atom is 0.243 e. The predicted octanol–water partition coefficient (Wildman–Crippen LogP) is 3.67. The first-order valence-corrected chi connectivity index (χ1v) is 9.07. The molecule has 0 aliphatic heterocycles. The van der Waals surface area contributed by atoms with Crippen molar-refractivity contribution in [2.24, 2.45) is 0 Å². The number of benzene rings is 1. The van der Waals surface area contributed by atoms with Crippen LogP contribution in [0.1, 0.15) is 39.2 Å². The molecule has 0 aliphatic carbocycles. The molecule has 0 spiro atoms. The van der Waals surface area contributed by atoms with Crippen molar-refractivity contribution in [3.63, 3.8) is 0 Å².